The Bertz CT molecular complexity index is 555. The van der Waals surface area contributed by atoms with Gasteiger partial charge in [-0.05, 0) is 31.5 Å². The van der Waals surface area contributed by atoms with Gasteiger partial charge in [-0.1, -0.05) is 30.3 Å². The maximum absolute atomic E-state index is 4.25. The van der Waals surface area contributed by atoms with Crippen molar-refractivity contribution in [2.24, 2.45) is 0 Å². The zero-order valence-corrected chi connectivity index (χ0v) is 12.1. The molecule has 1 fully saturated rings. The minimum Gasteiger partial charge on any atom is -0.364 e. The van der Waals surface area contributed by atoms with E-state index < -0.39 is 0 Å². The lowest BCUT2D eigenvalue weighted by Crippen LogP contribution is -2.60. The van der Waals surface area contributed by atoms with Crippen molar-refractivity contribution >= 4 is 5.69 Å². The van der Waals surface area contributed by atoms with Gasteiger partial charge in [-0.15, -0.1) is 0 Å². The van der Waals surface area contributed by atoms with E-state index in [1.165, 1.54) is 11.3 Å². The minimum atomic E-state index is -0.0242. The van der Waals surface area contributed by atoms with E-state index in [1.807, 2.05) is 18.5 Å². The van der Waals surface area contributed by atoms with Crippen LogP contribution in [0.2, 0.25) is 0 Å². The highest BCUT2D eigenvalue weighted by Crippen LogP contribution is 2.29. The molecule has 1 saturated heterocycles. The molecule has 1 N–H and O–H groups in total. The largest absolute Gasteiger partial charge is 0.364 e. The van der Waals surface area contributed by atoms with Gasteiger partial charge in [-0.25, -0.2) is 0 Å². The van der Waals surface area contributed by atoms with Crippen molar-refractivity contribution in [2.45, 2.75) is 25.4 Å². The van der Waals surface area contributed by atoms with E-state index in [-0.39, 0.29) is 5.54 Å². The number of anilines is 1. The molecule has 1 aliphatic heterocycles. The maximum Gasteiger partial charge on any atom is 0.0584 e. The van der Waals surface area contributed by atoms with Gasteiger partial charge in [0.25, 0.3) is 0 Å². The third-order valence-electron chi connectivity index (χ3n) is 4.19. The van der Waals surface area contributed by atoms with E-state index in [2.05, 4.69) is 65.4 Å². The molecule has 2 aromatic rings. The van der Waals surface area contributed by atoms with Crippen molar-refractivity contribution in [2.75, 3.05) is 18.0 Å². The Morgan fingerprint density at radius 2 is 2.00 bits per heavy atom. The maximum atomic E-state index is 4.25. The fraction of sp³-hybridized carbons (Fsp3) is 0.353. The topological polar surface area (TPSA) is 28.2 Å². The van der Waals surface area contributed by atoms with Crippen molar-refractivity contribution in [1.82, 2.24) is 10.3 Å². The van der Waals surface area contributed by atoms with Gasteiger partial charge in [-0.2, -0.15) is 0 Å². The van der Waals surface area contributed by atoms with E-state index >= 15 is 0 Å². The van der Waals surface area contributed by atoms with Gasteiger partial charge >= 0.3 is 0 Å². The Kier molecular flexibility index (Phi) is 3.45. The van der Waals surface area contributed by atoms with Crippen molar-refractivity contribution in [3.05, 3.63) is 60.4 Å². The van der Waals surface area contributed by atoms with Gasteiger partial charge in [-0.3, -0.25) is 4.98 Å². The normalized spacial score (nSPS) is 26.5. The predicted octanol–water partition coefficient (Wildman–Crippen LogP) is 2.80. The lowest BCUT2D eigenvalue weighted by atomic mass is 9.88. The molecule has 0 radical (unpaired) electrons. The Morgan fingerprint density at radius 3 is 2.70 bits per heavy atom. The average molecular weight is 267 g/mol. The third kappa shape index (κ3) is 2.41. The van der Waals surface area contributed by atoms with Crippen LogP contribution in [0.5, 0.6) is 0 Å². The lowest BCUT2D eigenvalue weighted by Gasteiger charge is -2.46. The van der Waals surface area contributed by atoms with E-state index in [9.17, 15) is 0 Å². The molecule has 1 aromatic heterocycles. The first-order chi connectivity index (χ1) is 9.69. The van der Waals surface area contributed by atoms with Crippen molar-refractivity contribution < 1.29 is 0 Å². The number of benzene rings is 1. The molecule has 1 aromatic carbocycles. The summed E-state index contributed by atoms with van der Waals surface area (Å²) in [5.41, 5.74) is 2.51. The molecule has 2 heterocycles. The number of aromatic nitrogens is 1. The number of nitrogens with zero attached hydrogens (tertiary/aromatic N) is 2. The first-order valence-electron chi connectivity index (χ1n) is 7.16. The summed E-state index contributed by atoms with van der Waals surface area (Å²) in [7, 11) is 0. The molecule has 3 heteroatoms. The summed E-state index contributed by atoms with van der Waals surface area (Å²) < 4.78 is 0. The fourth-order valence-electron chi connectivity index (χ4n) is 2.90. The Labute approximate surface area is 120 Å². The number of pyridine rings is 1. The number of nitrogens with one attached hydrogen (secondary N) is 1. The van der Waals surface area contributed by atoms with Crippen LogP contribution >= 0.6 is 0 Å². The second-order valence-electron chi connectivity index (χ2n) is 5.77. The summed E-state index contributed by atoms with van der Waals surface area (Å²) in [4.78, 5) is 6.69. The monoisotopic (exact) mass is 267 g/mol. The molecular formula is C17H21N3. The average Bonchev–Trinajstić information content (AvgIpc) is 2.52. The number of hydrogen-bond acceptors (Lipinski definition) is 3. The summed E-state index contributed by atoms with van der Waals surface area (Å²) in [6, 6.07) is 15.3. The standard InChI is InChI=1S/C17H21N3/c1-14-11-19-17(2,15-7-4-3-5-8-15)13-20(14)16-9-6-10-18-12-16/h3-10,12,14,19H,11,13H2,1-2H3. The minimum absolute atomic E-state index is 0.0242. The van der Waals surface area contributed by atoms with Crippen LogP contribution in [0.25, 0.3) is 0 Å². The van der Waals surface area contributed by atoms with Gasteiger partial charge in [0.05, 0.1) is 17.4 Å². The smallest absolute Gasteiger partial charge is 0.0584 e. The summed E-state index contributed by atoms with van der Waals surface area (Å²) in [6.45, 7) is 6.45. The second kappa shape index (κ2) is 5.25. The van der Waals surface area contributed by atoms with E-state index in [1.54, 1.807) is 0 Å². The Balaban J connectivity index is 1.90. The highest BCUT2D eigenvalue weighted by molar-refractivity contribution is 5.47. The first-order valence-corrected chi connectivity index (χ1v) is 7.16. The fourth-order valence-corrected chi connectivity index (χ4v) is 2.90. The third-order valence-corrected chi connectivity index (χ3v) is 4.19. The molecule has 0 spiro atoms. The molecule has 0 amide bonds. The first kappa shape index (κ1) is 13.1. The Hall–Kier alpha value is -1.87. The highest BCUT2D eigenvalue weighted by Gasteiger charge is 2.35. The molecule has 3 nitrogen and oxygen atoms in total. The lowest BCUT2D eigenvalue weighted by molar-refractivity contribution is 0.299. The van der Waals surface area contributed by atoms with Crippen LogP contribution in [0, 0.1) is 0 Å². The van der Waals surface area contributed by atoms with Crippen LogP contribution in [0.1, 0.15) is 19.4 Å². The molecule has 2 atom stereocenters. The van der Waals surface area contributed by atoms with Crippen molar-refractivity contribution in [3.63, 3.8) is 0 Å². The summed E-state index contributed by atoms with van der Waals surface area (Å²) in [5, 5.41) is 3.70. The van der Waals surface area contributed by atoms with Gasteiger partial charge in [0.1, 0.15) is 0 Å². The van der Waals surface area contributed by atoms with Crippen LogP contribution in [0.4, 0.5) is 5.69 Å². The summed E-state index contributed by atoms with van der Waals surface area (Å²) >= 11 is 0. The number of rotatable bonds is 2. The van der Waals surface area contributed by atoms with Crippen molar-refractivity contribution in [1.29, 1.82) is 0 Å². The van der Waals surface area contributed by atoms with E-state index in [0.717, 1.165) is 13.1 Å². The van der Waals surface area contributed by atoms with E-state index in [0.29, 0.717) is 6.04 Å². The van der Waals surface area contributed by atoms with E-state index in [4.69, 9.17) is 0 Å². The van der Waals surface area contributed by atoms with Crippen LogP contribution in [-0.4, -0.2) is 24.1 Å². The van der Waals surface area contributed by atoms with Gasteiger partial charge in [0.2, 0.25) is 0 Å². The zero-order chi connectivity index (χ0) is 14.0. The Morgan fingerprint density at radius 1 is 1.20 bits per heavy atom. The van der Waals surface area contributed by atoms with Gasteiger partial charge in [0.15, 0.2) is 0 Å². The van der Waals surface area contributed by atoms with Crippen LogP contribution in [0.15, 0.2) is 54.9 Å². The molecule has 20 heavy (non-hydrogen) atoms. The molecule has 3 rings (SSSR count). The molecule has 0 bridgehead atoms. The summed E-state index contributed by atoms with van der Waals surface area (Å²) in [6.07, 6.45) is 3.78. The zero-order valence-electron chi connectivity index (χ0n) is 12.1. The quantitative estimate of drug-likeness (QED) is 0.907. The van der Waals surface area contributed by atoms with Crippen LogP contribution in [-0.2, 0) is 5.54 Å². The molecule has 2 unspecified atom stereocenters. The predicted molar refractivity (Wildman–Crippen MR) is 82.8 cm³/mol. The van der Waals surface area contributed by atoms with Gasteiger partial charge < -0.3 is 10.2 Å². The number of piperazine rings is 1. The summed E-state index contributed by atoms with van der Waals surface area (Å²) in [5.74, 6) is 0. The molecule has 0 aliphatic carbocycles. The SMILES string of the molecule is CC1CNC(C)(c2ccccc2)CN1c1cccnc1. The van der Waals surface area contributed by atoms with Gasteiger partial charge in [0, 0.05) is 25.3 Å². The second-order valence-corrected chi connectivity index (χ2v) is 5.77. The van der Waals surface area contributed by atoms with Crippen LogP contribution < -0.4 is 10.2 Å². The molecule has 0 saturated carbocycles. The molecule has 104 valence electrons. The number of hydrogen-bond donors (Lipinski definition) is 1. The van der Waals surface area contributed by atoms with Crippen molar-refractivity contribution in [3.8, 4) is 0 Å². The van der Waals surface area contributed by atoms with Crippen LogP contribution in [0.3, 0.4) is 0 Å². The molecule has 1 aliphatic rings. The molecular weight excluding hydrogens is 246 g/mol. The highest BCUT2D eigenvalue weighted by atomic mass is 15.3.